The van der Waals surface area contributed by atoms with Gasteiger partial charge < -0.3 is 10.1 Å². The first-order chi connectivity index (χ1) is 9.21. The molecule has 0 aliphatic rings. The van der Waals surface area contributed by atoms with Crippen molar-refractivity contribution in [1.82, 2.24) is 9.97 Å². The van der Waals surface area contributed by atoms with Gasteiger partial charge in [-0.1, -0.05) is 12.1 Å². The molecule has 2 rings (SSSR count). The summed E-state index contributed by atoms with van der Waals surface area (Å²) in [5.41, 5.74) is 1.73. The average molecular weight is 254 g/mol. The van der Waals surface area contributed by atoms with Gasteiger partial charge in [-0.3, -0.25) is 0 Å². The quantitative estimate of drug-likeness (QED) is 0.906. The van der Waals surface area contributed by atoms with Crippen LogP contribution in [0.4, 0.5) is 5.82 Å². The Morgan fingerprint density at radius 2 is 2.00 bits per heavy atom. The Morgan fingerprint density at radius 1 is 1.26 bits per heavy atom. The molecule has 0 aliphatic carbocycles. The SMILES string of the molecule is COc1cc(NCc2ccc(C#N)cc2)nc(C)n1. The summed E-state index contributed by atoms with van der Waals surface area (Å²) >= 11 is 0. The molecule has 0 bridgehead atoms. The van der Waals surface area contributed by atoms with Crippen molar-refractivity contribution in [2.75, 3.05) is 12.4 Å². The molecular weight excluding hydrogens is 240 g/mol. The zero-order valence-corrected chi connectivity index (χ0v) is 10.8. The van der Waals surface area contributed by atoms with E-state index in [0.717, 1.165) is 5.56 Å². The lowest BCUT2D eigenvalue weighted by atomic mass is 10.1. The molecule has 1 aromatic heterocycles. The summed E-state index contributed by atoms with van der Waals surface area (Å²) in [6, 6.07) is 11.3. The third-order valence-electron chi connectivity index (χ3n) is 2.58. The van der Waals surface area contributed by atoms with Crippen molar-refractivity contribution in [2.45, 2.75) is 13.5 Å². The highest BCUT2D eigenvalue weighted by molar-refractivity contribution is 5.40. The molecule has 1 aromatic carbocycles. The highest BCUT2D eigenvalue weighted by Crippen LogP contribution is 2.14. The number of hydrogen-bond donors (Lipinski definition) is 1. The third-order valence-corrected chi connectivity index (χ3v) is 2.58. The molecule has 0 spiro atoms. The number of benzene rings is 1. The van der Waals surface area contributed by atoms with E-state index in [2.05, 4.69) is 21.4 Å². The Kier molecular flexibility index (Phi) is 3.94. The maximum atomic E-state index is 8.73. The molecule has 0 aliphatic heterocycles. The number of aryl methyl sites for hydroxylation is 1. The number of ether oxygens (including phenoxy) is 1. The second-order valence-corrected chi connectivity index (χ2v) is 4.01. The van der Waals surface area contributed by atoms with Crippen LogP contribution in [-0.4, -0.2) is 17.1 Å². The van der Waals surface area contributed by atoms with Crippen LogP contribution in [0.3, 0.4) is 0 Å². The summed E-state index contributed by atoms with van der Waals surface area (Å²) in [7, 11) is 1.58. The van der Waals surface area contributed by atoms with Gasteiger partial charge in [-0.2, -0.15) is 10.2 Å². The largest absolute Gasteiger partial charge is 0.481 e. The fourth-order valence-electron chi connectivity index (χ4n) is 1.63. The van der Waals surface area contributed by atoms with E-state index in [9.17, 15) is 0 Å². The fraction of sp³-hybridized carbons (Fsp3) is 0.214. The fourth-order valence-corrected chi connectivity index (χ4v) is 1.63. The molecule has 1 N–H and O–H groups in total. The van der Waals surface area contributed by atoms with Gasteiger partial charge in [0.1, 0.15) is 11.6 Å². The second-order valence-electron chi connectivity index (χ2n) is 4.01. The monoisotopic (exact) mass is 254 g/mol. The lowest BCUT2D eigenvalue weighted by Gasteiger charge is -2.08. The van der Waals surface area contributed by atoms with Gasteiger partial charge in [0.25, 0.3) is 0 Å². The molecule has 96 valence electrons. The van der Waals surface area contributed by atoms with Gasteiger partial charge in [0.15, 0.2) is 0 Å². The Labute approximate surface area is 111 Å². The van der Waals surface area contributed by atoms with Gasteiger partial charge in [-0.05, 0) is 24.6 Å². The zero-order chi connectivity index (χ0) is 13.7. The van der Waals surface area contributed by atoms with Crippen LogP contribution in [-0.2, 0) is 6.54 Å². The van der Waals surface area contributed by atoms with Crippen LogP contribution in [0.15, 0.2) is 30.3 Å². The zero-order valence-electron chi connectivity index (χ0n) is 10.8. The van der Waals surface area contributed by atoms with Gasteiger partial charge in [-0.15, -0.1) is 0 Å². The van der Waals surface area contributed by atoms with Gasteiger partial charge >= 0.3 is 0 Å². The number of anilines is 1. The number of hydrogen-bond acceptors (Lipinski definition) is 5. The molecule has 0 unspecified atom stereocenters. The van der Waals surface area contributed by atoms with E-state index in [1.54, 1.807) is 25.3 Å². The minimum absolute atomic E-state index is 0.537. The van der Waals surface area contributed by atoms with E-state index in [-0.39, 0.29) is 0 Å². The molecule has 0 saturated carbocycles. The maximum absolute atomic E-state index is 8.73. The third kappa shape index (κ3) is 3.42. The molecule has 5 heteroatoms. The Hall–Kier alpha value is -2.61. The lowest BCUT2D eigenvalue weighted by molar-refractivity contribution is 0.396. The predicted molar refractivity (Wildman–Crippen MR) is 71.8 cm³/mol. The van der Waals surface area contributed by atoms with E-state index in [1.165, 1.54) is 0 Å². The molecule has 0 atom stereocenters. The number of nitrogens with one attached hydrogen (secondary N) is 1. The van der Waals surface area contributed by atoms with Gasteiger partial charge in [-0.25, -0.2) is 4.98 Å². The van der Waals surface area contributed by atoms with Crippen molar-refractivity contribution in [3.05, 3.63) is 47.3 Å². The van der Waals surface area contributed by atoms with Crippen molar-refractivity contribution >= 4 is 5.82 Å². The molecular formula is C14H14N4O. The normalized spacial score (nSPS) is 9.74. The number of aromatic nitrogens is 2. The van der Waals surface area contributed by atoms with Crippen molar-refractivity contribution in [3.8, 4) is 11.9 Å². The minimum atomic E-state index is 0.537. The van der Waals surface area contributed by atoms with Crippen LogP contribution < -0.4 is 10.1 Å². The summed E-state index contributed by atoms with van der Waals surface area (Å²) in [5, 5.41) is 11.9. The van der Waals surface area contributed by atoms with E-state index in [4.69, 9.17) is 10.00 Å². The standard InChI is InChI=1S/C14H14N4O/c1-10-17-13(7-14(18-10)19-2)16-9-12-5-3-11(8-15)4-6-12/h3-7H,9H2,1-2H3,(H,16,17,18). The molecule has 19 heavy (non-hydrogen) atoms. The molecule has 0 fully saturated rings. The molecule has 2 aromatic rings. The van der Waals surface area contributed by atoms with Gasteiger partial charge in [0, 0.05) is 12.6 Å². The number of methoxy groups -OCH3 is 1. The Bertz CT molecular complexity index is 602. The number of rotatable bonds is 4. The van der Waals surface area contributed by atoms with Crippen LogP contribution in [0.1, 0.15) is 17.0 Å². The summed E-state index contributed by atoms with van der Waals surface area (Å²) in [6.07, 6.45) is 0. The molecule has 1 heterocycles. The van der Waals surface area contributed by atoms with E-state index < -0.39 is 0 Å². The minimum Gasteiger partial charge on any atom is -0.481 e. The Balaban J connectivity index is 2.05. The number of nitrogens with zero attached hydrogens (tertiary/aromatic N) is 3. The summed E-state index contributed by atoms with van der Waals surface area (Å²) in [4.78, 5) is 8.40. The van der Waals surface area contributed by atoms with Crippen LogP contribution in [0.5, 0.6) is 5.88 Å². The van der Waals surface area contributed by atoms with E-state index >= 15 is 0 Å². The van der Waals surface area contributed by atoms with Crippen molar-refractivity contribution < 1.29 is 4.74 Å². The first kappa shape index (κ1) is 12.8. The highest BCUT2D eigenvalue weighted by Gasteiger charge is 2.01. The van der Waals surface area contributed by atoms with Crippen molar-refractivity contribution in [1.29, 1.82) is 5.26 Å². The van der Waals surface area contributed by atoms with Crippen LogP contribution in [0, 0.1) is 18.3 Å². The van der Waals surface area contributed by atoms with Crippen LogP contribution >= 0.6 is 0 Å². The molecule has 0 saturated heterocycles. The van der Waals surface area contributed by atoms with Crippen LogP contribution in [0.2, 0.25) is 0 Å². The predicted octanol–water partition coefficient (Wildman–Crippen LogP) is 2.28. The van der Waals surface area contributed by atoms with Crippen LogP contribution in [0.25, 0.3) is 0 Å². The summed E-state index contributed by atoms with van der Waals surface area (Å²) in [6.45, 7) is 2.45. The molecule has 0 radical (unpaired) electrons. The van der Waals surface area contributed by atoms with Gasteiger partial charge in [0.2, 0.25) is 5.88 Å². The van der Waals surface area contributed by atoms with Crippen molar-refractivity contribution in [2.24, 2.45) is 0 Å². The van der Waals surface area contributed by atoms with E-state index in [0.29, 0.717) is 29.6 Å². The van der Waals surface area contributed by atoms with Gasteiger partial charge in [0.05, 0.1) is 18.7 Å². The second kappa shape index (κ2) is 5.83. The first-order valence-corrected chi connectivity index (χ1v) is 5.84. The number of nitriles is 1. The summed E-state index contributed by atoms with van der Waals surface area (Å²) < 4.78 is 5.09. The van der Waals surface area contributed by atoms with Crippen molar-refractivity contribution in [3.63, 3.8) is 0 Å². The lowest BCUT2D eigenvalue weighted by Crippen LogP contribution is -2.04. The first-order valence-electron chi connectivity index (χ1n) is 5.84. The highest BCUT2D eigenvalue weighted by atomic mass is 16.5. The smallest absolute Gasteiger partial charge is 0.218 e. The summed E-state index contributed by atoms with van der Waals surface area (Å²) in [5.74, 6) is 1.91. The van der Waals surface area contributed by atoms with E-state index in [1.807, 2.05) is 19.1 Å². The average Bonchev–Trinajstić information content (AvgIpc) is 2.45. The molecule has 0 amide bonds. The maximum Gasteiger partial charge on any atom is 0.218 e. The molecule has 5 nitrogen and oxygen atoms in total. The Morgan fingerprint density at radius 3 is 2.63 bits per heavy atom. The topological polar surface area (TPSA) is 70.8 Å².